The third kappa shape index (κ3) is 17.7. The molecule has 0 spiro atoms. The quantitative estimate of drug-likeness (QED) is 0.0773. The topological polar surface area (TPSA) is 128 Å². The SMILES string of the molecule is CCC[C@@H]1OC(C)(C)O[C@@H]1C(/C=C\[C@@H](C)[C@H](C)O[Si](C)(C)C(C)(C)C)OC(=O)c1ccccc1.C[C@H](/C=C\C(OC(=O)c1ccccc1)[C@H]1OC(C)(C)O[C@H]1CCO)[C@H](C)O[Si](C)(C)C(C)(C)C. The molecular formula is C55H90O11Si2. The smallest absolute Gasteiger partial charge is 0.338 e. The standard InChI is InChI=1S/C28H46O5Si.C27H44O6Si/c1-11-15-24-25(32-28(7,8)31-24)23(30-26(29)22-16-13-12-14-17-22)19-18-20(2)21(3)33-34(9,10)27(4,5)6;1-19(20(2)33-34(8,9)26(3,4)5)15-16-22(30-25(29)21-13-11-10-12-14-21)24-23(17-18-28)31-27(6,7)32-24/h12-14,16-21,23-25H,11,15H2,1-10H3;10-16,19-20,22-24,28H,17-18H2,1-9H3/b19-18-;16-15-/t20-,21+,23?,24+,25-;19-,20+,22?,23+,24-/m11/s1. The summed E-state index contributed by atoms with van der Waals surface area (Å²) in [7, 11) is -3.80. The number of esters is 2. The number of hydrogen-bond acceptors (Lipinski definition) is 11. The lowest BCUT2D eigenvalue weighted by molar-refractivity contribution is -0.153. The van der Waals surface area contributed by atoms with Gasteiger partial charge in [0.05, 0.1) is 23.3 Å². The minimum atomic E-state index is -1.92. The molecule has 0 bridgehead atoms. The summed E-state index contributed by atoms with van der Waals surface area (Å²) in [6.07, 6.45) is 7.54. The third-order valence-corrected chi connectivity index (χ3v) is 23.0. The van der Waals surface area contributed by atoms with Crippen LogP contribution >= 0.6 is 0 Å². The fourth-order valence-electron chi connectivity index (χ4n) is 7.48. The normalized spacial score (nSPS) is 23.6. The van der Waals surface area contributed by atoms with Gasteiger partial charge in [0.1, 0.15) is 24.4 Å². The van der Waals surface area contributed by atoms with Crippen molar-refractivity contribution in [2.75, 3.05) is 6.61 Å². The summed E-state index contributed by atoms with van der Waals surface area (Å²) in [5.74, 6) is -2.10. The van der Waals surface area contributed by atoms with Crippen LogP contribution < -0.4 is 0 Å². The summed E-state index contributed by atoms with van der Waals surface area (Å²) in [6.45, 7) is 40.5. The Morgan fingerprint density at radius 2 is 0.941 bits per heavy atom. The molecule has 0 amide bonds. The van der Waals surface area contributed by atoms with E-state index in [9.17, 15) is 14.7 Å². The first-order valence-corrected chi connectivity index (χ1v) is 30.7. The van der Waals surface area contributed by atoms with Crippen molar-refractivity contribution >= 4 is 28.6 Å². The van der Waals surface area contributed by atoms with E-state index in [4.69, 9.17) is 37.3 Å². The Hall–Kier alpha value is -2.99. The molecule has 0 saturated carbocycles. The van der Waals surface area contributed by atoms with Gasteiger partial charge in [-0.1, -0.05) is 117 Å². The lowest BCUT2D eigenvalue weighted by Crippen LogP contribution is -2.44. The molecule has 10 atom stereocenters. The van der Waals surface area contributed by atoms with E-state index in [1.54, 1.807) is 36.4 Å². The number of aliphatic hydroxyl groups is 1. The van der Waals surface area contributed by atoms with Crippen LogP contribution in [-0.2, 0) is 37.3 Å². The van der Waals surface area contributed by atoms with Crippen molar-refractivity contribution in [3.05, 3.63) is 96.1 Å². The zero-order valence-corrected chi connectivity index (χ0v) is 47.2. The first-order chi connectivity index (χ1) is 31.3. The molecule has 2 aromatic carbocycles. The van der Waals surface area contributed by atoms with Crippen molar-refractivity contribution in [1.82, 2.24) is 0 Å². The minimum Gasteiger partial charge on any atom is -0.452 e. The summed E-state index contributed by atoms with van der Waals surface area (Å²) in [5.41, 5.74) is 0.995. The van der Waals surface area contributed by atoms with Gasteiger partial charge in [0.2, 0.25) is 0 Å². The number of ether oxygens (including phenoxy) is 6. The highest BCUT2D eigenvalue weighted by Gasteiger charge is 2.47. The van der Waals surface area contributed by atoms with Gasteiger partial charge in [-0.05, 0) is 139 Å². The van der Waals surface area contributed by atoms with Gasteiger partial charge < -0.3 is 42.4 Å². The van der Waals surface area contributed by atoms with Crippen molar-refractivity contribution in [2.45, 2.75) is 220 Å². The zero-order valence-electron chi connectivity index (χ0n) is 45.2. The Morgan fingerprint density at radius 3 is 1.25 bits per heavy atom. The van der Waals surface area contributed by atoms with E-state index in [0.717, 1.165) is 12.8 Å². The molecule has 2 saturated heterocycles. The summed E-state index contributed by atoms with van der Waals surface area (Å²) >= 11 is 0. The van der Waals surface area contributed by atoms with Crippen molar-refractivity contribution in [3.63, 3.8) is 0 Å². The second-order valence-corrected chi connectivity index (χ2v) is 32.2. The molecule has 2 aliphatic rings. The predicted molar refractivity (Wildman–Crippen MR) is 278 cm³/mol. The maximum Gasteiger partial charge on any atom is 0.338 e. The first-order valence-electron chi connectivity index (χ1n) is 24.9. The molecule has 384 valence electrons. The first kappa shape index (κ1) is 59.3. The highest BCUT2D eigenvalue weighted by molar-refractivity contribution is 6.74. The van der Waals surface area contributed by atoms with E-state index < -0.39 is 58.6 Å². The Morgan fingerprint density at radius 1 is 0.603 bits per heavy atom. The molecule has 2 aliphatic heterocycles. The van der Waals surface area contributed by atoms with Gasteiger partial charge in [-0.15, -0.1) is 0 Å². The van der Waals surface area contributed by atoms with Crippen LogP contribution in [0.1, 0.15) is 144 Å². The molecule has 4 rings (SSSR count). The van der Waals surface area contributed by atoms with Crippen molar-refractivity contribution in [3.8, 4) is 0 Å². The highest BCUT2D eigenvalue weighted by Crippen LogP contribution is 2.40. The molecule has 11 nitrogen and oxygen atoms in total. The molecule has 0 aliphatic carbocycles. The molecule has 2 fully saturated rings. The summed E-state index contributed by atoms with van der Waals surface area (Å²) in [5, 5.41) is 9.81. The van der Waals surface area contributed by atoms with Crippen LogP contribution in [0.2, 0.25) is 36.3 Å². The molecule has 2 aromatic rings. The number of rotatable bonds is 20. The van der Waals surface area contributed by atoms with E-state index in [-0.39, 0.29) is 58.9 Å². The molecule has 1 N–H and O–H groups in total. The fraction of sp³-hybridized carbons (Fsp3) is 0.673. The van der Waals surface area contributed by atoms with Crippen molar-refractivity contribution in [1.29, 1.82) is 0 Å². The Balaban J connectivity index is 0.000000360. The van der Waals surface area contributed by atoms with Gasteiger partial charge in [-0.2, -0.15) is 0 Å². The molecule has 13 heteroatoms. The van der Waals surface area contributed by atoms with Crippen LogP contribution in [0, 0.1) is 11.8 Å². The van der Waals surface area contributed by atoms with Crippen LogP contribution in [-0.4, -0.2) is 101 Å². The summed E-state index contributed by atoms with van der Waals surface area (Å²) in [4.78, 5) is 25.8. The van der Waals surface area contributed by atoms with Gasteiger partial charge >= 0.3 is 11.9 Å². The van der Waals surface area contributed by atoms with Crippen LogP contribution in [0.15, 0.2) is 85.0 Å². The third-order valence-electron chi connectivity index (χ3n) is 13.8. The molecule has 0 radical (unpaired) electrons. The van der Waals surface area contributed by atoms with Crippen molar-refractivity contribution < 1.29 is 52.0 Å². The number of carbonyl (C=O) groups excluding carboxylic acids is 2. The van der Waals surface area contributed by atoms with Gasteiger partial charge in [0.15, 0.2) is 28.2 Å². The second-order valence-electron chi connectivity index (χ2n) is 22.7. The predicted octanol–water partition coefficient (Wildman–Crippen LogP) is 12.9. The molecule has 68 heavy (non-hydrogen) atoms. The van der Waals surface area contributed by atoms with Gasteiger partial charge in [-0.25, -0.2) is 9.59 Å². The number of aliphatic hydroxyl groups excluding tert-OH is 1. The number of carbonyl (C=O) groups is 2. The Bertz CT molecular complexity index is 1760. The van der Waals surface area contributed by atoms with Crippen molar-refractivity contribution in [2.24, 2.45) is 11.8 Å². The Labute approximate surface area is 413 Å². The average molecular weight is 983 g/mol. The summed E-state index contributed by atoms with van der Waals surface area (Å²) in [6, 6.07) is 18.0. The van der Waals surface area contributed by atoms with Crippen LogP contribution in [0.5, 0.6) is 0 Å². The van der Waals surface area contributed by atoms with E-state index in [0.29, 0.717) is 17.5 Å². The van der Waals surface area contributed by atoms with Crippen LogP contribution in [0.3, 0.4) is 0 Å². The van der Waals surface area contributed by atoms with Gasteiger partial charge in [0.25, 0.3) is 0 Å². The van der Waals surface area contributed by atoms with Crippen LogP contribution in [0.4, 0.5) is 0 Å². The van der Waals surface area contributed by atoms with Gasteiger partial charge in [-0.3, -0.25) is 0 Å². The Kier molecular flexibility index (Phi) is 21.7. The average Bonchev–Trinajstić information content (AvgIpc) is 3.72. The largest absolute Gasteiger partial charge is 0.452 e. The van der Waals surface area contributed by atoms with Gasteiger partial charge in [0, 0.05) is 18.8 Å². The van der Waals surface area contributed by atoms with E-state index in [2.05, 4.69) is 108 Å². The second kappa shape index (κ2) is 24.9. The number of hydrogen-bond donors (Lipinski definition) is 1. The fourth-order valence-corrected chi connectivity index (χ4v) is 10.5. The molecule has 2 heterocycles. The lowest BCUT2D eigenvalue weighted by atomic mass is 10.00. The van der Waals surface area contributed by atoms with E-state index in [1.165, 1.54) is 0 Å². The monoisotopic (exact) mass is 983 g/mol. The molecular weight excluding hydrogens is 893 g/mol. The van der Waals surface area contributed by atoms with E-state index >= 15 is 0 Å². The van der Waals surface area contributed by atoms with Crippen LogP contribution in [0.25, 0.3) is 0 Å². The molecule has 2 unspecified atom stereocenters. The lowest BCUT2D eigenvalue weighted by Gasteiger charge is -2.39. The summed E-state index contributed by atoms with van der Waals surface area (Å²) < 4.78 is 49.7. The number of benzene rings is 2. The highest BCUT2D eigenvalue weighted by atomic mass is 28.4. The maximum atomic E-state index is 12.9. The minimum absolute atomic E-state index is 0.00745. The molecule has 0 aromatic heterocycles. The van der Waals surface area contributed by atoms with E-state index in [1.807, 2.05) is 70.2 Å². The maximum absolute atomic E-state index is 12.9. The zero-order chi connectivity index (χ0) is 51.5.